The lowest BCUT2D eigenvalue weighted by atomic mass is 10.2. The lowest BCUT2D eigenvalue weighted by molar-refractivity contribution is 0.168. The molecule has 0 saturated heterocycles. The van der Waals surface area contributed by atoms with Crippen LogP contribution in [-0.2, 0) is 11.3 Å². The van der Waals surface area contributed by atoms with Gasteiger partial charge in [0.25, 0.3) is 0 Å². The van der Waals surface area contributed by atoms with Crippen LogP contribution in [0.25, 0.3) is 0 Å². The molecule has 1 rings (SSSR count). The van der Waals surface area contributed by atoms with E-state index in [-0.39, 0.29) is 0 Å². The Hall–Kier alpha value is -1.55. The molecular weight excluding hydrogens is 216 g/mol. The lowest BCUT2D eigenvalue weighted by Gasteiger charge is -2.08. The molecular formula is C13H20N2O2. The van der Waals surface area contributed by atoms with Crippen LogP contribution in [0.1, 0.15) is 25.8 Å². The van der Waals surface area contributed by atoms with Crippen molar-refractivity contribution in [1.29, 1.82) is 0 Å². The number of benzene rings is 1. The first-order valence-electron chi connectivity index (χ1n) is 5.99. The van der Waals surface area contributed by atoms with E-state index in [0.717, 1.165) is 30.8 Å². The Labute approximate surface area is 102 Å². The summed E-state index contributed by atoms with van der Waals surface area (Å²) in [5.41, 5.74) is 1.91. The molecule has 0 unspecified atom stereocenters. The summed E-state index contributed by atoms with van der Waals surface area (Å²) in [6, 6.07) is 7.74. The van der Waals surface area contributed by atoms with Crippen LogP contribution in [0.2, 0.25) is 0 Å². The maximum atomic E-state index is 11.2. The molecule has 0 aliphatic rings. The molecule has 0 aromatic heterocycles. The quantitative estimate of drug-likeness (QED) is 0.747. The molecule has 1 aromatic rings. The second-order valence-electron chi connectivity index (χ2n) is 3.72. The van der Waals surface area contributed by atoms with E-state index in [9.17, 15) is 4.79 Å². The van der Waals surface area contributed by atoms with E-state index in [1.165, 1.54) is 0 Å². The summed E-state index contributed by atoms with van der Waals surface area (Å²) < 4.78 is 4.82. The molecule has 2 N–H and O–H groups in total. The van der Waals surface area contributed by atoms with Crippen LogP contribution in [-0.4, -0.2) is 19.2 Å². The van der Waals surface area contributed by atoms with Gasteiger partial charge >= 0.3 is 6.09 Å². The molecule has 1 aromatic carbocycles. The molecule has 4 heteroatoms. The average Bonchev–Trinajstić information content (AvgIpc) is 2.30. The summed E-state index contributed by atoms with van der Waals surface area (Å²) in [6.07, 6.45) is 0.701. The van der Waals surface area contributed by atoms with Gasteiger partial charge in [-0.2, -0.15) is 0 Å². The van der Waals surface area contributed by atoms with Gasteiger partial charge in [0.1, 0.15) is 0 Å². The standard InChI is InChI=1S/C13H20N2O2/c1-3-8-14-10-11-6-5-7-12(9-11)15-13(16)17-4-2/h5-7,9,14H,3-4,8,10H2,1-2H3,(H,15,16). The van der Waals surface area contributed by atoms with E-state index >= 15 is 0 Å². The Morgan fingerprint density at radius 3 is 2.88 bits per heavy atom. The summed E-state index contributed by atoms with van der Waals surface area (Å²) in [7, 11) is 0. The van der Waals surface area contributed by atoms with Crippen molar-refractivity contribution in [2.45, 2.75) is 26.8 Å². The monoisotopic (exact) mass is 236 g/mol. The molecule has 94 valence electrons. The van der Waals surface area contributed by atoms with E-state index < -0.39 is 6.09 Å². The zero-order valence-corrected chi connectivity index (χ0v) is 10.5. The Morgan fingerprint density at radius 1 is 1.35 bits per heavy atom. The molecule has 0 radical (unpaired) electrons. The van der Waals surface area contributed by atoms with Crippen molar-refractivity contribution < 1.29 is 9.53 Å². The zero-order valence-electron chi connectivity index (χ0n) is 10.5. The Balaban J connectivity index is 2.50. The number of carbonyl (C=O) groups excluding carboxylic acids is 1. The van der Waals surface area contributed by atoms with E-state index in [1.807, 2.05) is 24.3 Å². The number of nitrogens with one attached hydrogen (secondary N) is 2. The van der Waals surface area contributed by atoms with Gasteiger partial charge in [-0.05, 0) is 37.6 Å². The van der Waals surface area contributed by atoms with Gasteiger partial charge in [-0.15, -0.1) is 0 Å². The molecule has 1 amide bonds. The maximum Gasteiger partial charge on any atom is 0.411 e. The minimum absolute atomic E-state index is 0.379. The minimum atomic E-state index is -0.411. The van der Waals surface area contributed by atoms with Gasteiger partial charge < -0.3 is 10.1 Å². The second kappa shape index (κ2) is 7.68. The molecule has 0 heterocycles. The fourth-order valence-electron chi connectivity index (χ4n) is 1.45. The maximum absolute atomic E-state index is 11.2. The largest absolute Gasteiger partial charge is 0.450 e. The summed E-state index contributed by atoms with van der Waals surface area (Å²) >= 11 is 0. The third kappa shape index (κ3) is 5.36. The molecule has 0 atom stereocenters. The lowest BCUT2D eigenvalue weighted by Crippen LogP contribution is -2.15. The highest BCUT2D eigenvalue weighted by atomic mass is 16.5. The average molecular weight is 236 g/mol. The van der Waals surface area contributed by atoms with Crippen LogP contribution in [0.5, 0.6) is 0 Å². The third-order valence-corrected chi connectivity index (χ3v) is 2.20. The van der Waals surface area contributed by atoms with Crippen LogP contribution >= 0.6 is 0 Å². The smallest absolute Gasteiger partial charge is 0.411 e. The van der Waals surface area contributed by atoms with Crippen molar-refractivity contribution in [2.24, 2.45) is 0 Å². The second-order valence-corrected chi connectivity index (χ2v) is 3.72. The van der Waals surface area contributed by atoms with Crippen molar-refractivity contribution in [3.8, 4) is 0 Å². The Kier molecular flexibility index (Phi) is 6.10. The van der Waals surface area contributed by atoms with E-state index in [0.29, 0.717) is 6.61 Å². The normalized spacial score (nSPS) is 10.0. The van der Waals surface area contributed by atoms with Crippen LogP contribution in [0.15, 0.2) is 24.3 Å². The fourth-order valence-corrected chi connectivity index (χ4v) is 1.45. The van der Waals surface area contributed by atoms with Crippen LogP contribution in [0.3, 0.4) is 0 Å². The van der Waals surface area contributed by atoms with E-state index in [2.05, 4.69) is 17.6 Å². The van der Waals surface area contributed by atoms with Crippen LogP contribution in [0.4, 0.5) is 10.5 Å². The molecule has 0 spiro atoms. The third-order valence-electron chi connectivity index (χ3n) is 2.20. The molecule has 0 aliphatic carbocycles. The van der Waals surface area contributed by atoms with Crippen molar-refractivity contribution >= 4 is 11.8 Å². The summed E-state index contributed by atoms with van der Waals surface area (Å²) in [4.78, 5) is 11.2. The van der Waals surface area contributed by atoms with Crippen molar-refractivity contribution in [3.63, 3.8) is 0 Å². The highest BCUT2D eigenvalue weighted by Crippen LogP contribution is 2.10. The molecule has 4 nitrogen and oxygen atoms in total. The van der Waals surface area contributed by atoms with Gasteiger partial charge in [0, 0.05) is 12.2 Å². The molecule has 0 saturated carbocycles. The van der Waals surface area contributed by atoms with Crippen molar-refractivity contribution in [2.75, 3.05) is 18.5 Å². The van der Waals surface area contributed by atoms with Crippen molar-refractivity contribution in [1.82, 2.24) is 5.32 Å². The van der Waals surface area contributed by atoms with Crippen LogP contribution in [0, 0.1) is 0 Å². The Bertz CT molecular complexity index is 353. The van der Waals surface area contributed by atoms with Gasteiger partial charge in [-0.3, -0.25) is 5.32 Å². The van der Waals surface area contributed by atoms with Gasteiger partial charge in [0.05, 0.1) is 6.61 Å². The highest BCUT2D eigenvalue weighted by Gasteiger charge is 2.02. The first-order chi connectivity index (χ1) is 8.26. The number of rotatable bonds is 6. The molecule has 0 bridgehead atoms. The van der Waals surface area contributed by atoms with E-state index in [4.69, 9.17) is 4.74 Å². The molecule has 17 heavy (non-hydrogen) atoms. The highest BCUT2D eigenvalue weighted by molar-refractivity contribution is 5.84. The Morgan fingerprint density at radius 2 is 2.18 bits per heavy atom. The summed E-state index contributed by atoms with van der Waals surface area (Å²) in [5.74, 6) is 0. The fraction of sp³-hybridized carbons (Fsp3) is 0.462. The molecule has 0 aliphatic heterocycles. The first kappa shape index (κ1) is 13.5. The van der Waals surface area contributed by atoms with Gasteiger partial charge in [-0.1, -0.05) is 19.1 Å². The number of hydrogen-bond acceptors (Lipinski definition) is 3. The summed E-state index contributed by atoms with van der Waals surface area (Å²) in [5, 5.41) is 6.00. The van der Waals surface area contributed by atoms with Crippen LogP contribution < -0.4 is 10.6 Å². The number of amides is 1. The van der Waals surface area contributed by atoms with Crippen molar-refractivity contribution in [3.05, 3.63) is 29.8 Å². The molecule has 0 fully saturated rings. The zero-order chi connectivity index (χ0) is 12.5. The van der Waals surface area contributed by atoms with Gasteiger partial charge in [0.15, 0.2) is 0 Å². The minimum Gasteiger partial charge on any atom is -0.450 e. The van der Waals surface area contributed by atoms with Gasteiger partial charge in [0.2, 0.25) is 0 Å². The number of ether oxygens (including phenoxy) is 1. The first-order valence-corrected chi connectivity index (χ1v) is 5.99. The number of anilines is 1. The van der Waals surface area contributed by atoms with Gasteiger partial charge in [-0.25, -0.2) is 4.79 Å². The van der Waals surface area contributed by atoms with E-state index in [1.54, 1.807) is 6.92 Å². The number of hydrogen-bond donors (Lipinski definition) is 2. The predicted molar refractivity (Wildman–Crippen MR) is 69.1 cm³/mol. The number of carbonyl (C=O) groups is 1. The predicted octanol–water partition coefficient (Wildman–Crippen LogP) is 2.75. The SMILES string of the molecule is CCCNCc1cccc(NC(=O)OCC)c1. The summed E-state index contributed by atoms with van der Waals surface area (Å²) in [6.45, 7) is 6.10. The topological polar surface area (TPSA) is 50.4 Å².